The smallest absolute Gasteiger partial charge is 0.0902 e. The number of aliphatic hydroxyl groups is 1. The fraction of sp³-hybridized carbons (Fsp3) is 0.429. The molecule has 0 radical (unpaired) electrons. The Morgan fingerprint density at radius 1 is 1.11 bits per heavy atom. The summed E-state index contributed by atoms with van der Waals surface area (Å²) in [6.07, 6.45) is 6.69. The van der Waals surface area contributed by atoms with Gasteiger partial charge in [-0.3, -0.25) is 0 Å². The molecular weight excluding hydrogens is 116 g/mol. The Labute approximate surface area is 55.8 Å². The number of allylic oxidation sites excluding steroid dienone is 2. The maximum atomic E-state index is 8.88. The standard InChI is InChI=1S/C7H12O.H2O/c1-3-5-7(8)6-4-2;/h3-8H,1-2H3;1H2. The van der Waals surface area contributed by atoms with Gasteiger partial charge in [0.15, 0.2) is 0 Å². The van der Waals surface area contributed by atoms with Crippen LogP contribution in [0.4, 0.5) is 0 Å². The lowest BCUT2D eigenvalue weighted by Crippen LogP contribution is -1.93. The van der Waals surface area contributed by atoms with Crippen LogP contribution < -0.4 is 0 Å². The van der Waals surface area contributed by atoms with Crippen molar-refractivity contribution in [1.82, 2.24) is 0 Å². The molecule has 0 aliphatic heterocycles. The minimum atomic E-state index is -0.398. The van der Waals surface area contributed by atoms with Crippen LogP contribution in [0.2, 0.25) is 0 Å². The van der Waals surface area contributed by atoms with E-state index in [1.807, 2.05) is 26.0 Å². The fourth-order valence-corrected chi connectivity index (χ4v) is 0.459. The summed E-state index contributed by atoms with van der Waals surface area (Å²) in [4.78, 5) is 0. The lowest BCUT2D eigenvalue weighted by atomic mass is 10.3. The molecule has 0 fully saturated rings. The first kappa shape index (κ1) is 11.2. The van der Waals surface area contributed by atoms with Gasteiger partial charge in [0, 0.05) is 0 Å². The van der Waals surface area contributed by atoms with Gasteiger partial charge in [0.25, 0.3) is 0 Å². The number of hydrogen-bond donors (Lipinski definition) is 1. The highest BCUT2D eigenvalue weighted by atomic mass is 16.3. The SMILES string of the molecule is CC=CC(O)C=CC.O. The van der Waals surface area contributed by atoms with Gasteiger partial charge in [-0.15, -0.1) is 0 Å². The van der Waals surface area contributed by atoms with Gasteiger partial charge in [-0.1, -0.05) is 24.3 Å². The monoisotopic (exact) mass is 130 g/mol. The summed E-state index contributed by atoms with van der Waals surface area (Å²) in [7, 11) is 0. The molecule has 0 amide bonds. The summed E-state index contributed by atoms with van der Waals surface area (Å²) >= 11 is 0. The van der Waals surface area contributed by atoms with Crippen molar-refractivity contribution >= 4 is 0 Å². The molecule has 0 heterocycles. The number of aliphatic hydroxyl groups excluding tert-OH is 1. The van der Waals surface area contributed by atoms with E-state index < -0.39 is 6.10 Å². The highest BCUT2D eigenvalue weighted by Crippen LogP contribution is 1.86. The molecule has 0 aromatic rings. The van der Waals surface area contributed by atoms with E-state index in [2.05, 4.69) is 0 Å². The van der Waals surface area contributed by atoms with Crippen molar-refractivity contribution in [1.29, 1.82) is 0 Å². The molecular formula is C7H14O2. The van der Waals surface area contributed by atoms with Gasteiger partial charge in [-0.2, -0.15) is 0 Å². The Hall–Kier alpha value is -0.600. The highest BCUT2D eigenvalue weighted by molar-refractivity contribution is 4.98. The first-order chi connectivity index (χ1) is 3.81. The zero-order chi connectivity index (χ0) is 6.41. The van der Waals surface area contributed by atoms with Gasteiger partial charge in [-0.25, -0.2) is 0 Å². The molecule has 0 bridgehead atoms. The maximum absolute atomic E-state index is 8.88. The molecule has 0 saturated heterocycles. The average molecular weight is 130 g/mol. The molecule has 2 heteroatoms. The van der Waals surface area contributed by atoms with Gasteiger partial charge in [-0.05, 0) is 13.8 Å². The van der Waals surface area contributed by atoms with Crippen molar-refractivity contribution in [3.8, 4) is 0 Å². The minimum absolute atomic E-state index is 0. The Balaban J connectivity index is 0. The predicted octanol–water partition coefficient (Wildman–Crippen LogP) is 0.675. The van der Waals surface area contributed by atoms with Crippen molar-refractivity contribution in [2.75, 3.05) is 0 Å². The summed E-state index contributed by atoms with van der Waals surface area (Å²) < 4.78 is 0. The second-order valence-electron chi connectivity index (χ2n) is 1.54. The molecule has 0 unspecified atom stereocenters. The maximum Gasteiger partial charge on any atom is 0.0902 e. The number of rotatable bonds is 2. The van der Waals surface area contributed by atoms with E-state index in [1.165, 1.54) is 0 Å². The van der Waals surface area contributed by atoms with Crippen LogP contribution in [-0.2, 0) is 0 Å². The average Bonchev–Trinajstić information content (AvgIpc) is 1.68. The Morgan fingerprint density at radius 2 is 1.44 bits per heavy atom. The quantitative estimate of drug-likeness (QED) is 0.549. The topological polar surface area (TPSA) is 51.7 Å². The van der Waals surface area contributed by atoms with Crippen LogP contribution in [0, 0.1) is 0 Å². The second-order valence-corrected chi connectivity index (χ2v) is 1.54. The molecule has 0 rings (SSSR count). The second kappa shape index (κ2) is 7.40. The van der Waals surface area contributed by atoms with Gasteiger partial charge in [0.2, 0.25) is 0 Å². The lowest BCUT2D eigenvalue weighted by molar-refractivity contribution is 0.271. The van der Waals surface area contributed by atoms with Gasteiger partial charge >= 0.3 is 0 Å². The zero-order valence-electron chi connectivity index (χ0n) is 5.83. The molecule has 9 heavy (non-hydrogen) atoms. The molecule has 0 aromatic carbocycles. The van der Waals surface area contributed by atoms with Crippen molar-refractivity contribution in [3.05, 3.63) is 24.3 Å². The highest BCUT2D eigenvalue weighted by Gasteiger charge is 1.84. The molecule has 0 aliphatic carbocycles. The van der Waals surface area contributed by atoms with Crippen LogP contribution >= 0.6 is 0 Å². The van der Waals surface area contributed by atoms with E-state index in [9.17, 15) is 0 Å². The van der Waals surface area contributed by atoms with Crippen molar-refractivity contribution in [2.45, 2.75) is 20.0 Å². The van der Waals surface area contributed by atoms with Crippen molar-refractivity contribution in [2.24, 2.45) is 0 Å². The summed E-state index contributed by atoms with van der Waals surface area (Å²) in [5, 5.41) is 8.88. The Kier molecular flexibility index (Phi) is 9.23. The summed E-state index contributed by atoms with van der Waals surface area (Å²) in [6.45, 7) is 3.76. The third-order valence-electron chi connectivity index (χ3n) is 0.779. The summed E-state index contributed by atoms with van der Waals surface area (Å²) in [6, 6.07) is 0. The first-order valence-electron chi connectivity index (χ1n) is 2.75. The zero-order valence-corrected chi connectivity index (χ0v) is 5.83. The molecule has 0 saturated carbocycles. The van der Waals surface area contributed by atoms with Crippen molar-refractivity contribution in [3.63, 3.8) is 0 Å². The predicted molar refractivity (Wildman–Crippen MR) is 39.2 cm³/mol. The molecule has 0 spiro atoms. The first-order valence-corrected chi connectivity index (χ1v) is 2.75. The largest absolute Gasteiger partial charge is 0.412 e. The Bertz CT molecular complexity index is 83.1. The molecule has 0 aliphatic rings. The molecule has 54 valence electrons. The molecule has 2 nitrogen and oxygen atoms in total. The Morgan fingerprint density at radius 3 is 1.67 bits per heavy atom. The lowest BCUT2D eigenvalue weighted by Gasteiger charge is -1.92. The van der Waals surface area contributed by atoms with E-state index in [0.29, 0.717) is 0 Å². The van der Waals surface area contributed by atoms with E-state index in [4.69, 9.17) is 5.11 Å². The number of hydrogen-bond acceptors (Lipinski definition) is 1. The van der Waals surface area contributed by atoms with Gasteiger partial charge < -0.3 is 10.6 Å². The molecule has 3 N–H and O–H groups in total. The third-order valence-corrected chi connectivity index (χ3v) is 0.779. The van der Waals surface area contributed by atoms with E-state index in [-0.39, 0.29) is 5.48 Å². The van der Waals surface area contributed by atoms with Crippen LogP contribution in [0.5, 0.6) is 0 Å². The van der Waals surface area contributed by atoms with Crippen LogP contribution in [0.25, 0.3) is 0 Å². The normalized spacial score (nSPS) is 14.1. The summed E-state index contributed by atoms with van der Waals surface area (Å²) in [5.41, 5.74) is 0. The molecule has 0 aromatic heterocycles. The summed E-state index contributed by atoms with van der Waals surface area (Å²) in [5.74, 6) is 0. The van der Waals surface area contributed by atoms with E-state index in [0.717, 1.165) is 0 Å². The van der Waals surface area contributed by atoms with Gasteiger partial charge in [0.05, 0.1) is 6.10 Å². The van der Waals surface area contributed by atoms with Crippen LogP contribution in [0.3, 0.4) is 0 Å². The van der Waals surface area contributed by atoms with Crippen molar-refractivity contribution < 1.29 is 10.6 Å². The fourth-order valence-electron chi connectivity index (χ4n) is 0.459. The minimum Gasteiger partial charge on any atom is -0.412 e. The van der Waals surface area contributed by atoms with Crippen LogP contribution in [0.1, 0.15) is 13.8 Å². The van der Waals surface area contributed by atoms with Crippen LogP contribution in [-0.4, -0.2) is 16.7 Å². The van der Waals surface area contributed by atoms with Gasteiger partial charge in [0.1, 0.15) is 0 Å². The third kappa shape index (κ3) is 7.40. The molecule has 0 atom stereocenters. The van der Waals surface area contributed by atoms with E-state index >= 15 is 0 Å². The van der Waals surface area contributed by atoms with Crippen LogP contribution in [0.15, 0.2) is 24.3 Å². The van der Waals surface area contributed by atoms with E-state index in [1.54, 1.807) is 12.2 Å².